The molecule has 2 N–H and O–H groups in total. The predicted molar refractivity (Wildman–Crippen MR) is 132 cm³/mol. The second kappa shape index (κ2) is 13.3. The highest BCUT2D eigenvalue weighted by molar-refractivity contribution is 7.89. The van der Waals surface area contributed by atoms with Gasteiger partial charge in [0.2, 0.25) is 10.0 Å². The van der Waals surface area contributed by atoms with Crippen molar-refractivity contribution in [1.82, 2.24) is 19.8 Å². The van der Waals surface area contributed by atoms with Crippen molar-refractivity contribution in [2.24, 2.45) is 5.92 Å². The monoisotopic (exact) mass is 482 g/mol. The van der Waals surface area contributed by atoms with Gasteiger partial charge in [-0.05, 0) is 30.5 Å². The molecule has 9 heteroatoms. The quantitative estimate of drug-likeness (QED) is 0.477. The van der Waals surface area contributed by atoms with E-state index in [1.807, 2.05) is 20.8 Å². The van der Waals surface area contributed by atoms with E-state index in [4.69, 9.17) is 4.74 Å². The van der Waals surface area contributed by atoms with Gasteiger partial charge in [0.15, 0.2) is 0 Å². The molecule has 2 atom stereocenters. The van der Waals surface area contributed by atoms with E-state index in [1.165, 1.54) is 4.31 Å². The fourth-order valence-corrected chi connectivity index (χ4v) is 5.96. The number of sulfonamides is 1. The Hall–Kier alpha value is -1.68. The van der Waals surface area contributed by atoms with Crippen LogP contribution in [0.2, 0.25) is 0 Å². The number of nitrogens with one attached hydrogen (secondary N) is 2. The molecule has 1 saturated heterocycles. The number of urea groups is 1. The summed E-state index contributed by atoms with van der Waals surface area (Å²) in [7, 11) is -3.49. The zero-order chi connectivity index (χ0) is 24.4. The number of morpholine rings is 1. The Kier molecular flexibility index (Phi) is 11.1. The third-order valence-electron chi connectivity index (χ3n) is 6.65. The third-order valence-corrected chi connectivity index (χ3v) is 8.71. The molecule has 2 rings (SSSR count). The summed E-state index contributed by atoms with van der Waals surface area (Å²) in [6.45, 7) is 14.7. The summed E-state index contributed by atoms with van der Waals surface area (Å²) in [5.41, 5.74) is 0.855. The predicted octanol–water partition coefficient (Wildman–Crippen LogP) is 3.21. The molecule has 0 saturated carbocycles. The molecule has 1 aliphatic heterocycles. The normalized spacial score (nSPS) is 17.2. The van der Waals surface area contributed by atoms with E-state index in [2.05, 4.69) is 29.4 Å². The van der Waals surface area contributed by atoms with Gasteiger partial charge >= 0.3 is 6.03 Å². The van der Waals surface area contributed by atoms with E-state index in [1.54, 1.807) is 24.3 Å². The van der Waals surface area contributed by atoms with Crippen LogP contribution < -0.4 is 10.6 Å². The summed E-state index contributed by atoms with van der Waals surface area (Å²) in [5.74, 6) is 0.515. The van der Waals surface area contributed by atoms with Crippen LogP contribution in [0.3, 0.4) is 0 Å². The highest BCUT2D eigenvalue weighted by Gasteiger charge is 2.27. The average molecular weight is 483 g/mol. The largest absolute Gasteiger partial charge is 0.379 e. The minimum absolute atomic E-state index is 0.216. The fraction of sp³-hybridized carbons (Fsp3) is 0.708. The molecule has 0 spiro atoms. The number of ether oxygens (including phenoxy) is 1. The number of amides is 2. The van der Waals surface area contributed by atoms with Crippen LogP contribution in [0.25, 0.3) is 0 Å². The Balaban J connectivity index is 1.97. The Labute approximate surface area is 200 Å². The van der Waals surface area contributed by atoms with E-state index < -0.39 is 10.0 Å². The smallest absolute Gasteiger partial charge is 0.315 e. The lowest BCUT2D eigenvalue weighted by molar-refractivity contribution is 0.00236. The van der Waals surface area contributed by atoms with Crippen molar-refractivity contribution in [3.05, 3.63) is 29.8 Å². The van der Waals surface area contributed by atoms with Gasteiger partial charge in [0.05, 0.1) is 24.2 Å². The minimum Gasteiger partial charge on any atom is -0.379 e. The van der Waals surface area contributed by atoms with E-state index >= 15 is 0 Å². The third kappa shape index (κ3) is 7.40. The molecular formula is C24H42N4O4S. The molecule has 188 valence electrons. The SMILES string of the molecule is CCC(CC)C(CNC(=O)NC(C)c1ccc(S(=O)(=O)N(CC)CC)cc1)N1CCOCC1. The van der Waals surface area contributed by atoms with Crippen LogP contribution in [0.1, 0.15) is 59.1 Å². The molecule has 33 heavy (non-hydrogen) atoms. The standard InChI is InChI=1S/C24H42N4O4S/c1-6-20(7-2)23(27-14-16-32-17-15-27)18-25-24(29)26-19(5)21-10-12-22(13-11-21)33(30,31)28(8-3)9-4/h10-13,19-20,23H,6-9,14-18H2,1-5H3,(H2,25,26,29). The second-order valence-electron chi connectivity index (χ2n) is 8.53. The lowest BCUT2D eigenvalue weighted by Crippen LogP contribution is -2.53. The summed E-state index contributed by atoms with van der Waals surface area (Å²) in [4.78, 5) is 15.3. The Morgan fingerprint density at radius 2 is 1.64 bits per heavy atom. The molecule has 1 aromatic rings. The zero-order valence-electron chi connectivity index (χ0n) is 20.8. The van der Waals surface area contributed by atoms with Crippen LogP contribution in [-0.2, 0) is 14.8 Å². The molecule has 0 aromatic heterocycles. The highest BCUT2D eigenvalue weighted by atomic mass is 32.2. The number of hydrogen-bond donors (Lipinski definition) is 2. The van der Waals surface area contributed by atoms with Crippen LogP contribution in [0.5, 0.6) is 0 Å². The van der Waals surface area contributed by atoms with Gasteiger partial charge in [-0.2, -0.15) is 4.31 Å². The van der Waals surface area contributed by atoms with E-state index in [0.29, 0.717) is 25.6 Å². The second-order valence-corrected chi connectivity index (χ2v) is 10.5. The topological polar surface area (TPSA) is 91.0 Å². The van der Waals surface area contributed by atoms with Gasteiger partial charge in [-0.15, -0.1) is 0 Å². The highest BCUT2D eigenvalue weighted by Crippen LogP contribution is 2.21. The van der Waals surface area contributed by atoms with Gasteiger partial charge in [-0.1, -0.05) is 52.7 Å². The number of carbonyl (C=O) groups excluding carboxylic acids is 1. The zero-order valence-corrected chi connectivity index (χ0v) is 21.7. The van der Waals surface area contributed by atoms with E-state index in [0.717, 1.165) is 44.7 Å². The summed E-state index contributed by atoms with van der Waals surface area (Å²) in [6, 6.07) is 6.58. The summed E-state index contributed by atoms with van der Waals surface area (Å²) < 4.78 is 32.3. The number of benzene rings is 1. The fourth-order valence-electron chi connectivity index (χ4n) is 4.51. The molecule has 1 aromatic carbocycles. The maximum absolute atomic E-state index is 12.7. The van der Waals surface area contributed by atoms with Gasteiger partial charge in [0, 0.05) is 38.8 Å². The van der Waals surface area contributed by atoms with Gasteiger partial charge in [-0.3, -0.25) is 4.90 Å². The molecular weight excluding hydrogens is 440 g/mol. The first-order valence-corrected chi connectivity index (χ1v) is 13.7. The van der Waals surface area contributed by atoms with Crippen LogP contribution in [0.15, 0.2) is 29.2 Å². The number of rotatable bonds is 12. The van der Waals surface area contributed by atoms with Crippen molar-refractivity contribution in [2.45, 2.75) is 64.4 Å². The van der Waals surface area contributed by atoms with Crippen molar-refractivity contribution in [3.8, 4) is 0 Å². The molecule has 2 amide bonds. The van der Waals surface area contributed by atoms with Crippen molar-refractivity contribution >= 4 is 16.1 Å². The van der Waals surface area contributed by atoms with Crippen LogP contribution in [0, 0.1) is 5.92 Å². The summed E-state index contributed by atoms with van der Waals surface area (Å²) in [5, 5.41) is 6.04. The molecule has 0 radical (unpaired) electrons. The molecule has 1 heterocycles. The first-order valence-electron chi connectivity index (χ1n) is 12.2. The van der Waals surface area contributed by atoms with Gasteiger partial charge in [0.1, 0.15) is 0 Å². The lowest BCUT2D eigenvalue weighted by Gasteiger charge is -2.38. The summed E-state index contributed by atoms with van der Waals surface area (Å²) in [6.07, 6.45) is 2.14. The maximum Gasteiger partial charge on any atom is 0.315 e. The van der Waals surface area contributed by atoms with E-state index in [-0.39, 0.29) is 23.0 Å². The van der Waals surface area contributed by atoms with Crippen LogP contribution in [-0.4, -0.2) is 75.6 Å². The number of carbonyl (C=O) groups is 1. The molecule has 1 fully saturated rings. The van der Waals surface area contributed by atoms with Crippen molar-refractivity contribution < 1.29 is 17.9 Å². The van der Waals surface area contributed by atoms with E-state index in [9.17, 15) is 13.2 Å². The molecule has 8 nitrogen and oxygen atoms in total. The molecule has 0 aliphatic carbocycles. The van der Waals surface area contributed by atoms with Crippen LogP contribution >= 0.6 is 0 Å². The Morgan fingerprint density at radius 3 is 2.15 bits per heavy atom. The van der Waals surface area contributed by atoms with Crippen molar-refractivity contribution in [3.63, 3.8) is 0 Å². The Bertz CT molecular complexity index is 817. The average Bonchev–Trinajstić information content (AvgIpc) is 2.83. The first-order chi connectivity index (χ1) is 15.8. The van der Waals surface area contributed by atoms with Crippen molar-refractivity contribution in [1.29, 1.82) is 0 Å². The maximum atomic E-state index is 12.7. The van der Waals surface area contributed by atoms with Crippen LogP contribution in [0.4, 0.5) is 4.79 Å². The minimum atomic E-state index is -3.49. The first kappa shape index (κ1) is 27.6. The lowest BCUT2D eigenvalue weighted by atomic mass is 9.92. The van der Waals surface area contributed by atoms with Crippen molar-refractivity contribution in [2.75, 3.05) is 45.9 Å². The molecule has 1 aliphatic rings. The molecule has 0 bridgehead atoms. The van der Waals surface area contributed by atoms with Gasteiger partial charge in [0.25, 0.3) is 0 Å². The van der Waals surface area contributed by atoms with Gasteiger partial charge in [-0.25, -0.2) is 13.2 Å². The number of hydrogen-bond acceptors (Lipinski definition) is 5. The van der Waals surface area contributed by atoms with Gasteiger partial charge < -0.3 is 15.4 Å². The Morgan fingerprint density at radius 1 is 1.06 bits per heavy atom. The number of nitrogens with zero attached hydrogens (tertiary/aromatic N) is 2. The summed E-state index contributed by atoms with van der Waals surface area (Å²) >= 11 is 0. The molecule has 2 unspecified atom stereocenters.